The zero-order valence-corrected chi connectivity index (χ0v) is 12.8. The molecular weight excluding hydrogens is 284 g/mol. The van der Waals surface area contributed by atoms with Crippen molar-refractivity contribution in [2.24, 2.45) is 0 Å². The fraction of sp³-hybridized carbons (Fsp3) is 0.727. The minimum absolute atomic E-state index is 0.00984. The largest absolute Gasteiger partial charge is 0.381 e. The molecule has 1 aromatic heterocycles. The summed E-state index contributed by atoms with van der Waals surface area (Å²) in [5.74, 6) is 0.0630. The smallest absolute Gasteiger partial charge is 0.246 e. The number of hydrogen-bond donors (Lipinski definition) is 2. The number of aromatic nitrogens is 2. The fourth-order valence-electron chi connectivity index (χ4n) is 2.39. The Hall–Kier alpha value is -0.730. The van der Waals surface area contributed by atoms with Crippen LogP contribution in [0.3, 0.4) is 0 Å². The van der Waals surface area contributed by atoms with E-state index in [9.17, 15) is 8.42 Å². The molecule has 108 valence electrons. The van der Waals surface area contributed by atoms with E-state index < -0.39 is 10.0 Å². The third kappa shape index (κ3) is 3.06. The van der Waals surface area contributed by atoms with Gasteiger partial charge in [-0.15, -0.1) is 0 Å². The molecule has 0 aliphatic heterocycles. The zero-order valence-electron chi connectivity index (χ0n) is 11.2. The van der Waals surface area contributed by atoms with Crippen LogP contribution >= 0.6 is 11.8 Å². The average molecular weight is 304 g/mol. The van der Waals surface area contributed by atoms with Crippen LogP contribution in [0.4, 0.5) is 5.82 Å². The van der Waals surface area contributed by atoms with Crippen molar-refractivity contribution in [2.45, 2.75) is 48.9 Å². The van der Waals surface area contributed by atoms with Crippen molar-refractivity contribution in [2.75, 3.05) is 12.0 Å². The second-order valence-electron chi connectivity index (χ2n) is 4.67. The highest BCUT2D eigenvalue weighted by Crippen LogP contribution is 2.30. The number of nitrogen functional groups attached to an aromatic ring is 1. The summed E-state index contributed by atoms with van der Waals surface area (Å²) in [7, 11) is -3.58. The lowest BCUT2D eigenvalue weighted by Gasteiger charge is -2.18. The van der Waals surface area contributed by atoms with Crippen LogP contribution in [0.2, 0.25) is 0 Å². The van der Waals surface area contributed by atoms with Gasteiger partial charge in [-0.3, -0.25) is 4.68 Å². The quantitative estimate of drug-likeness (QED) is 0.848. The van der Waals surface area contributed by atoms with E-state index in [0.29, 0.717) is 11.8 Å². The lowest BCUT2D eigenvalue weighted by atomic mass is 10.3. The predicted molar refractivity (Wildman–Crippen MR) is 77.6 cm³/mol. The Morgan fingerprint density at radius 1 is 1.58 bits per heavy atom. The van der Waals surface area contributed by atoms with E-state index in [2.05, 4.69) is 9.82 Å². The number of anilines is 1. The summed E-state index contributed by atoms with van der Waals surface area (Å²) in [5, 5.41) is 4.32. The van der Waals surface area contributed by atoms with Crippen molar-refractivity contribution in [3.8, 4) is 0 Å². The van der Waals surface area contributed by atoms with E-state index in [4.69, 9.17) is 5.73 Å². The molecule has 1 aromatic rings. The number of nitrogens with one attached hydrogen (secondary N) is 1. The summed E-state index contributed by atoms with van der Waals surface area (Å²) in [6.45, 7) is 2.48. The van der Waals surface area contributed by atoms with Gasteiger partial charge in [0.05, 0.1) is 0 Å². The van der Waals surface area contributed by atoms with Crippen molar-refractivity contribution in [1.82, 2.24) is 14.5 Å². The second-order valence-corrected chi connectivity index (χ2v) is 7.43. The molecular formula is C11H20N4O2S2. The molecule has 1 heterocycles. The predicted octanol–water partition coefficient (Wildman–Crippen LogP) is 1.05. The molecule has 8 heteroatoms. The molecule has 19 heavy (non-hydrogen) atoms. The zero-order chi connectivity index (χ0) is 14.0. The van der Waals surface area contributed by atoms with Crippen LogP contribution in [0.5, 0.6) is 0 Å². The molecule has 6 nitrogen and oxygen atoms in total. The van der Waals surface area contributed by atoms with Gasteiger partial charge in [0.15, 0.2) is 5.82 Å². The van der Waals surface area contributed by atoms with E-state index in [1.807, 2.05) is 13.2 Å². The van der Waals surface area contributed by atoms with Gasteiger partial charge in [-0.25, -0.2) is 13.1 Å². The number of aryl methyl sites for hydroxylation is 1. The average Bonchev–Trinajstić information content (AvgIpc) is 2.95. The molecule has 0 aromatic carbocycles. The summed E-state index contributed by atoms with van der Waals surface area (Å²) in [6, 6.07) is -0.00984. The third-order valence-electron chi connectivity index (χ3n) is 3.43. The van der Waals surface area contributed by atoms with E-state index >= 15 is 0 Å². The monoisotopic (exact) mass is 304 g/mol. The van der Waals surface area contributed by atoms with E-state index in [1.54, 1.807) is 11.8 Å². The molecule has 1 fully saturated rings. The maximum Gasteiger partial charge on any atom is 0.246 e. The third-order valence-corrected chi connectivity index (χ3v) is 6.11. The molecule has 0 spiro atoms. The normalized spacial score (nSPS) is 23.9. The first-order valence-corrected chi connectivity index (χ1v) is 9.13. The van der Waals surface area contributed by atoms with Crippen LogP contribution in [0.25, 0.3) is 0 Å². The minimum Gasteiger partial charge on any atom is -0.381 e. The first-order chi connectivity index (χ1) is 8.97. The number of rotatable bonds is 5. The van der Waals surface area contributed by atoms with Crippen molar-refractivity contribution in [3.63, 3.8) is 0 Å². The highest BCUT2D eigenvalue weighted by molar-refractivity contribution is 7.99. The highest BCUT2D eigenvalue weighted by atomic mass is 32.2. The Bertz CT molecular complexity index is 541. The fourth-order valence-corrected chi connectivity index (χ4v) is 4.80. The Morgan fingerprint density at radius 2 is 2.32 bits per heavy atom. The van der Waals surface area contributed by atoms with Crippen LogP contribution in [0, 0.1) is 0 Å². The molecule has 0 amide bonds. The SMILES string of the molecule is CCn1cc(S(=O)(=O)NC2CCCC2SC)c(N)n1. The Kier molecular flexibility index (Phi) is 4.42. The van der Waals surface area contributed by atoms with Gasteiger partial charge in [-0.05, 0) is 26.0 Å². The summed E-state index contributed by atoms with van der Waals surface area (Å²) in [6.07, 6.45) is 6.49. The van der Waals surface area contributed by atoms with Crippen LogP contribution in [-0.2, 0) is 16.6 Å². The highest BCUT2D eigenvalue weighted by Gasteiger charge is 2.32. The van der Waals surface area contributed by atoms with Crippen LogP contribution in [-0.4, -0.2) is 35.7 Å². The van der Waals surface area contributed by atoms with E-state index in [1.165, 1.54) is 10.9 Å². The van der Waals surface area contributed by atoms with Gasteiger partial charge in [0, 0.05) is 24.0 Å². The van der Waals surface area contributed by atoms with Gasteiger partial charge < -0.3 is 5.73 Å². The van der Waals surface area contributed by atoms with Gasteiger partial charge >= 0.3 is 0 Å². The van der Waals surface area contributed by atoms with Crippen molar-refractivity contribution < 1.29 is 8.42 Å². The molecule has 2 rings (SSSR count). The van der Waals surface area contributed by atoms with Gasteiger partial charge in [-0.2, -0.15) is 16.9 Å². The molecule has 0 bridgehead atoms. The molecule has 3 N–H and O–H groups in total. The molecule has 2 unspecified atom stereocenters. The van der Waals surface area contributed by atoms with Crippen LogP contribution in [0.15, 0.2) is 11.1 Å². The standard InChI is InChI=1S/C11H20N4O2S2/c1-3-15-7-10(11(12)13-15)19(16,17)14-8-5-4-6-9(8)18-2/h7-9,14H,3-6H2,1-2H3,(H2,12,13). The number of nitrogens with two attached hydrogens (primary N) is 1. The molecule has 0 radical (unpaired) electrons. The molecule has 1 saturated carbocycles. The van der Waals surface area contributed by atoms with Gasteiger partial charge in [-0.1, -0.05) is 6.42 Å². The maximum absolute atomic E-state index is 12.3. The number of thioether (sulfide) groups is 1. The summed E-state index contributed by atoms with van der Waals surface area (Å²) >= 11 is 1.71. The summed E-state index contributed by atoms with van der Waals surface area (Å²) < 4.78 is 29.0. The van der Waals surface area contributed by atoms with Crippen LogP contribution in [0.1, 0.15) is 26.2 Å². The topological polar surface area (TPSA) is 90.0 Å². The molecule has 1 aliphatic carbocycles. The van der Waals surface area contributed by atoms with Crippen molar-refractivity contribution >= 4 is 27.6 Å². The lowest BCUT2D eigenvalue weighted by molar-refractivity contribution is 0.555. The molecule has 1 aliphatic rings. The van der Waals surface area contributed by atoms with Gasteiger partial charge in [0.25, 0.3) is 0 Å². The number of nitrogens with zero attached hydrogens (tertiary/aromatic N) is 2. The number of sulfonamides is 1. The first-order valence-electron chi connectivity index (χ1n) is 6.36. The maximum atomic E-state index is 12.3. The molecule has 2 atom stereocenters. The Balaban J connectivity index is 2.20. The lowest BCUT2D eigenvalue weighted by Crippen LogP contribution is -2.38. The second kappa shape index (κ2) is 5.72. The summed E-state index contributed by atoms with van der Waals surface area (Å²) in [4.78, 5) is 0.0844. The minimum atomic E-state index is -3.58. The van der Waals surface area contributed by atoms with Crippen LogP contribution < -0.4 is 10.5 Å². The Labute approximate surface area is 118 Å². The summed E-state index contributed by atoms with van der Waals surface area (Å²) in [5.41, 5.74) is 5.69. The van der Waals surface area contributed by atoms with Gasteiger partial charge in [0.2, 0.25) is 10.0 Å². The van der Waals surface area contributed by atoms with Crippen molar-refractivity contribution in [1.29, 1.82) is 0 Å². The van der Waals surface area contributed by atoms with E-state index in [0.717, 1.165) is 19.3 Å². The first kappa shape index (κ1) is 14.7. The Morgan fingerprint density at radius 3 is 2.89 bits per heavy atom. The van der Waals surface area contributed by atoms with E-state index in [-0.39, 0.29) is 16.8 Å². The molecule has 0 saturated heterocycles. The number of hydrogen-bond acceptors (Lipinski definition) is 5. The van der Waals surface area contributed by atoms with Crippen molar-refractivity contribution in [3.05, 3.63) is 6.20 Å². The van der Waals surface area contributed by atoms with Gasteiger partial charge in [0.1, 0.15) is 4.90 Å².